The first-order valence-corrected chi connectivity index (χ1v) is 8.98. The molecule has 0 aliphatic heterocycles. The highest BCUT2D eigenvalue weighted by molar-refractivity contribution is 7.84. The Morgan fingerprint density at radius 2 is 2.04 bits per heavy atom. The number of nitrogens with one attached hydrogen (secondary N) is 1. The Labute approximate surface area is 138 Å². The molecule has 1 aromatic heterocycles. The van der Waals surface area contributed by atoms with Gasteiger partial charge in [-0.05, 0) is 37.1 Å². The Balaban J connectivity index is 1.98. The lowest BCUT2D eigenvalue weighted by molar-refractivity contribution is -0.115. The first kappa shape index (κ1) is 17.1. The van der Waals surface area contributed by atoms with E-state index in [0.29, 0.717) is 17.3 Å². The van der Waals surface area contributed by atoms with Crippen LogP contribution in [0.1, 0.15) is 17.5 Å². The Hall–Kier alpha value is -2.21. The van der Waals surface area contributed by atoms with Crippen LogP contribution in [0.15, 0.2) is 36.5 Å². The fraction of sp³-hybridized carbons (Fsp3) is 0.294. The second-order valence-electron chi connectivity index (χ2n) is 5.26. The van der Waals surface area contributed by atoms with E-state index < -0.39 is 10.8 Å². The molecule has 0 fully saturated rings. The Morgan fingerprint density at radius 1 is 1.26 bits per heavy atom. The Bertz CT molecular complexity index is 714. The van der Waals surface area contributed by atoms with E-state index in [1.54, 1.807) is 24.6 Å². The molecule has 0 radical (unpaired) electrons. The van der Waals surface area contributed by atoms with Crippen LogP contribution in [-0.4, -0.2) is 27.1 Å². The van der Waals surface area contributed by atoms with Gasteiger partial charge in [0.1, 0.15) is 5.75 Å². The molecule has 1 aromatic carbocycles. The minimum atomic E-state index is -0.971. The minimum Gasteiger partial charge on any atom is -0.439 e. The number of rotatable bonds is 6. The van der Waals surface area contributed by atoms with Gasteiger partial charge >= 0.3 is 0 Å². The lowest BCUT2D eigenvalue weighted by Crippen LogP contribution is -2.14. The lowest BCUT2D eigenvalue weighted by Gasteiger charge is -2.10. The summed E-state index contributed by atoms with van der Waals surface area (Å²) in [7, 11) is -0.971. The van der Waals surface area contributed by atoms with Gasteiger partial charge in [-0.2, -0.15) is 0 Å². The summed E-state index contributed by atoms with van der Waals surface area (Å²) < 4.78 is 16.7. The van der Waals surface area contributed by atoms with Gasteiger partial charge in [-0.1, -0.05) is 12.1 Å². The molecule has 2 aromatic rings. The third-order valence-corrected chi connectivity index (χ3v) is 4.19. The molecule has 1 atom stereocenters. The van der Waals surface area contributed by atoms with E-state index in [0.717, 1.165) is 16.9 Å². The molecular weight excluding hydrogens is 312 g/mol. The third-order valence-electron chi connectivity index (χ3n) is 3.41. The van der Waals surface area contributed by atoms with Gasteiger partial charge in [-0.15, -0.1) is 0 Å². The molecule has 122 valence electrons. The van der Waals surface area contributed by atoms with Crippen LogP contribution in [0.5, 0.6) is 11.6 Å². The van der Waals surface area contributed by atoms with Crippen LogP contribution in [0, 0.1) is 13.8 Å². The summed E-state index contributed by atoms with van der Waals surface area (Å²) in [6.45, 7) is 4.02. The van der Waals surface area contributed by atoms with E-state index in [1.165, 1.54) is 0 Å². The van der Waals surface area contributed by atoms with Crippen molar-refractivity contribution < 1.29 is 13.7 Å². The fourth-order valence-corrected chi connectivity index (χ4v) is 2.39. The predicted molar refractivity (Wildman–Crippen MR) is 92.4 cm³/mol. The molecule has 2 rings (SSSR count). The maximum atomic E-state index is 11.7. The zero-order valence-corrected chi connectivity index (χ0v) is 14.3. The number of nitrogens with zero attached hydrogens (tertiary/aromatic N) is 1. The number of ether oxygens (including phenoxy) is 1. The van der Waals surface area contributed by atoms with Crippen LogP contribution in [0.3, 0.4) is 0 Å². The summed E-state index contributed by atoms with van der Waals surface area (Å²) in [5.74, 6) is 1.41. The van der Waals surface area contributed by atoms with E-state index >= 15 is 0 Å². The van der Waals surface area contributed by atoms with Gasteiger partial charge < -0.3 is 10.1 Å². The second kappa shape index (κ2) is 7.87. The van der Waals surface area contributed by atoms with E-state index in [1.807, 2.05) is 32.0 Å². The van der Waals surface area contributed by atoms with Crippen molar-refractivity contribution in [2.75, 3.05) is 17.3 Å². The zero-order valence-electron chi connectivity index (χ0n) is 13.5. The minimum absolute atomic E-state index is 0.176. The molecule has 0 bridgehead atoms. The molecule has 0 saturated heterocycles. The van der Waals surface area contributed by atoms with Crippen LogP contribution in [0.4, 0.5) is 5.69 Å². The molecule has 23 heavy (non-hydrogen) atoms. The van der Waals surface area contributed by atoms with Crippen molar-refractivity contribution in [2.45, 2.75) is 20.3 Å². The van der Waals surface area contributed by atoms with Crippen LogP contribution >= 0.6 is 0 Å². The smallest absolute Gasteiger partial charge is 0.225 e. The molecule has 0 saturated carbocycles. The third kappa shape index (κ3) is 5.17. The number of amides is 1. The van der Waals surface area contributed by atoms with Gasteiger partial charge in [-0.3, -0.25) is 9.00 Å². The number of carbonyl (C=O) groups is 1. The number of pyridine rings is 1. The predicted octanol–water partition coefficient (Wildman–Crippen LogP) is 3.20. The molecule has 1 unspecified atom stereocenters. The molecule has 1 heterocycles. The van der Waals surface area contributed by atoms with Crippen molar-refractivity contribution in [3.8, 4) is 11.6 Å². The van der Waals surface area contributed by atoms with Crippen LogP contribution < -0.4 is 10.1 Å². The van der Waals surface area contributed by atoms with Crippen molar-refractivity contribution in [2.24, 2.45) is 0 Å². The number of hydrogen-bond acceptors (Lipinski definition) is 4. The normalized spacial score (nSPS) is 11.8. The fourth-order valence-electron chi connectivity index (χ4n) is 1.92. The number of aryl methyl sites for hydroxylation is 1. The van der Waals surface area contributed by atoms with Crippen LogP contribution in [-0.2, 0) is 15.6 Å². The van der Waals surface area contributed by atoms with E-state index in [9.17, 15) is 9.00 Å². The molecule has 1 N–H and O–H groups in total. The lowest BCUT2D eigenvalue weighted by atomic mass is 10.1. The number of hydrogen-bond donors (Lipinski definition) is 1. The van der Waals surface area contributed by atoms with Gasteiger partial charge in [0.25, 0.3) is 0 Å². The molecule has 5 nitrogen and oxygen atoms in total. The van der Waals surface area contributed by atoms with Gasteiger partial charge in [0, 0.05) is 35.3 Å². The highest BCUT2D eigenvalue weighted by atomic mass is 32.2. The first-order chi connectivity index (χ1) is 11.0. The maximum Gasteiger partial charge on any atom is 0.225 e. The summed E-state index contributed by atoms with van der Waals surface area (Å²) in [5.41, 5.74) is 2.81. The highest BCUT2D eigenvalue weighted by Crippen LogP contribution is 2.26. The number of carbonyl (C=O) groups excluding carboxylic acids is 1. The van der Waals surface area contributed by atoms with Crippen molar-refractivity contribution >= 4 is 22.4 Å². The van der Waals surface area contributed by atoms with E-state index in [4.69, 9.17) is 4.74 Å². The average Bonchev–Trinajstić information content (AvgIpc) is 2.52. The maximum absolute atomic E-state index is 11.7. The van der Waals surface area contributed by atoms with Crippen LogP contribution in [0.2, 0.25) is 0 Å². The van der Waals surface area contributed by atoms with E-state index in [2.05, 4.69) is 10.3 Å². The number of anilines is 1. The standard InChI is InChI=1S/C17H20N2O3S/c1-12-5-4-6-15(13(12)2)22-17-8-7-14(11-18-17)19-16(20)9-10-23(3)21/h4-8,11H,9-10H2,1-3H3,(H,19,20). The first-order valence-electron chi connectivity index (χ1n) is 7.25. The Kier molecular flexibility index (Phi) is 5.87. The van der Waals surface area contributed by atoms with Gasteiger partial charge in [0.05, 0.1) is 11.9 Å². The molecule has 0 spiro atoms. The summed E-state index contributed by atoms with van der Waals surface area (Å²) in [5, 5.41) is 2.72. The molecular formula is C17H20N2O3S. The Morgan fingerprint density at radius 3 is 2.70 bits per heavy atom. The monoisotopic (exact) mass is 332 g/mol. The largest absolute Gasteiger partial charge is 0.439 e. The summed E-state index contributed by atoms with van der Waals surface area (Å²) in [6.07, 6.45) is 3.35. The quantitative estimate of drug-likeness (QED) is 0.882. The number of benzene rings is 1. The molecule has 6 heteroatoms. The highest BCUT2D eigenvalue weighted by Gasteiger charge is 2.06. The average molecular weight is 332 g/mol. The van der Waals surface area contributed by atoms with Crippen LogP contribution in [0.25, 0.3) is 0 Å². The van der Waals surface area contributed by atoms with Gasteiger partial charge in [0.2, 0.25) is 11.8 Å². The van der Waals surface area contributed by atoms with Crippen molar-refractivity contribution in [1.82, 2.24) is 4.98 Å². The second-order valence-corrected chi connectivity index (χ2v) is 6.82. The van der Waals surface area contributed by atoms with Crippen molar-refractivity contribution in [3.05, 3.63) is 47.7 Å². The number of aromatic nitrogens is 1. The summed E-state index contributed by atoms with van der Waals surface area (Å²) in [4.78, 5) is 15.9. The van der Waals surface area contributed by atoms with Gasteiger partial charge in [0.15, 0.2) is 0 Å². The van der Waals surface area contributed by atoms with Crippen molar-refractivity contribution in [1.29, 1.82) is 0 Å². The molecule has 0 aliphatic rings. The molecule has 0 aliphatic carbocycles. The summed E-state index contributed by atoms with van der Waals surface area (Å²) >= 11 is 0. The van der Waals surface area contributed by atoms with Crippen molar-refractivity contribution in [3.63, 3.8) is 0 Å². The van der Waals surface area contributed by atoms with Gasteiger partial charge in [-0.25, -0.2) is 4.98 Å². The zero-order chi connectivity index (χ0) is 16.8. The summed E-state index contributed by atoms with van der Waals surface area (Å²) in [6, 6.07) is 9.29. The topological polar surface area (TPSA) is 68.3 Å². The molecule has 1 amide bonds. The van der Waals surface area contributed by atoms with E-state index in [-0.39, 0.29) is 12.3 Å². The SMILES string of the molecule is Cc1cccc(Oc2ccc(NC(=O)CCS(C)=O)cn2)c1C.